The molecule has 42 heavy (non-hydrogen) atoms. The molecule has 16 heteroatoms. The first kappa shape index (κ1) is 38.3. The van der Waals surface area contributed by atoms with Crippen LogP contribution in [0.25, 0.3) is 0 Å². The molecule has 0 aliphatic carbocycles. The largest absolute Gasteiger partial charge is 0.543 e. The van der Waals surface area contributed by atoms with E-state index < -0.39 is 58.3 Å². The van der Waals surface area contributed by atoms with E-state index in [1.807, 2.05) is 0 Å². The van der Waals surface area contributed by atoms with Crippen molar-refractivity contribution >= 4 is 36.1 Å². The van der Waals surface area contributed by atoms with E-state index in [9.17, 15) is 19.2 Å². The average Bonchev–Trinajstić information content (AvgIpc) is 2.87. The third-order valence-corrected chi connectivity index (χ3v) is 5.71. The number of esters is 2. The molecular formula is C26H44N4O12-2. The quantitative estimate of drug-likeness (QED) is 0.156. The Morgan fingerprint density at radius 2 is 0.857 bits per heavy atom. The standard InChI is InChI=1S/2C12H22N2O4.C2H2O4/c2*1-11(2,3)18-10(16)14-12(9(15)17-4)5-7-13-8-6-12;3-1(4)2(5)6/h2*13H,5-8H2,1-4H3,(H,14,16);(H,3,4)(H,5,6)/p-2. The second-order valence-corrected chi connectivity index (χ2v) is 11.5. The number of carbonyl (C=O) groups is 6. The monoisotopic (exact) mass is 604 g/mol. The molecule has 0 spiro atoms. The number of ether oxygens (including phenoxy) is 4. The lowest BCUT2D eigenvalue weighted by molar-refractivity contribution is -0.345. The summed E-state index contributed by atoms with van der Waals surface area (Å²) in [6, 6.07) is 0. The molecule has 0 aromatic heterocycles. The summed E-state index contributed by atoms with van der Waals surface area (Å²) in [5, 5.41) is 29.5. The van der Waals surface area contributed by atoms with Crippen LogP contribution in [-0.4, -0.2) is 98.7 Å². The Balaban J connectivity index is 0.000000672. The molecule has 2 amide bonds. The molecule has 0 bridgehead atoms. The zero-order valence-electron chi connectivity index (χ0n) is 25.6. The molecule has 242 valence electrons. The number of carboxylic acids is 2. The Bertz CT molecular complexity index is 868. The molecule has 2 rings (SSSR count). The molecule has 2 fully saturated rings. The summed E-state index contributed by atoms with van der Waals surface area (Å²) in [6.45, 7) is 13.3. The van der Waals surface area contributed by atoms with E-state index in [0.717, 1.165) is 0 Å². The molecule has 0 unspecified atom stereocenters. The highest BCUT2D eigenvalue weighted by molar-refractivity contribution is 6.25. The van der Waals surface area contributed by atoms with Gasteiger partial charge in [0.25, 0.3) is 0 Å². The molecule has 2 aliphatic heterocycles. The van der Waals surface area contributed by atoms with Crippen LogP contribution < -0.4 is 31.5 Å². The van der Waals surface area contributed by atoms with Gasteiger partial charge in [-0.05, 0) is 93.4 Å². The van der Waals surface area contributed by atoms with Gasteiger partial charge in [-0.1, -0.05) is 0 Å². The number of alkyl carbamates (subject to hydrolysis) is 2. The van der Waals surface area contributed by atoms with Gasteiger partial charge in [-0.15, -0.1) is 0 Å². The summed E-state index contributed by atoms with van der Waals surface area (Å²) in [7, 11) is 2.64. The van der Waals surface area contributed by atoms with Gasteiger partial charge in [0.1, 0.15) is 22.3 Å². The average molecular weight is 605 g/mol. The normalized spacial score (nSPS) is 17.2. The van der Waals surface area contributed by atoms with Crippen LogP contribution in [0.1, 0.15) is 67.2 Å². The molecule has 0 atom stereocenters. The summed E-state index contributed by atoms with van der Waals surface area (Å²) in [5.41, 5.74) is -3.12. The minimum atomic E-state index is -2.19. The number of aliphatic carboxylic acids is 2. The zero-order chi connectivity index (χ0) is 32.8. The summed E-state index contributed by atoms with van der Waals surface area (Å²) in [4.78, 5) is 65.2. The fourth-order valence-corrected chi connectivity index (χ4v) is 3.86. The smallest absolute Gasteiger partial charge is 0.408 e. The minimum Gasteiger partial charge on any atom is -0.543 e. The summed E-state index contributed by atoms with van der Waals surface area (Å²) >= 11 is 0. The second-order valence-electron chi connectivity index (χ2n) is 11.5. The van der Waals surface area contributed by atoms with Crippen molar-refractivity contribution in [3.8, 4) is 0 Å². The van der Waals surface area contributed by atoms with E-state index in [1.165, 1.54) is 14.2 Å². The van der Waals surface area contributed by atoms with E-state index >= 15 is 0 Å². The van der Waals surface area contributed by atoms with Crippen LogP contribution >= 0.6 is 0 Å². The number of methoxy groups -OCH3 is 2. The highest BCUT2D eigenvalue weighted by Gasteiger charge is 2.44. The van der Waals surface area contributed by atoms with Crippen LogP contribution in [0.3, 0.4) is 0 Å². The van der Waals surface area contributed by atoms with E-state index in [2.05, 4.69) is 21.3 Å². The zero-order valence-corrected chi connectivity index (χ0v) is 25.6. The molecule has 0 aromatic carbocycles. The topological polar surface area (TPSA) is 234 Å². The highest BCUT2D eigenvalue weighted by atomic mass is 16.6. The van der Waals surface area contributed by atoms with Crippen LogP contribution in [0.2, 0.25) is 0 Å². The molecule has 0 aromatic rings. The molecule has 2 heterocycles. The number of rotatable bonds is 4. The number of piperidine rings is 2. The molecular weight excluding hydrogens is 560 g/mol. The number of carboxylic acid groups (broad SMARTS) is 2. The number of carbonyl (C=O) groups excluding carboxylic acids is 6. The van der Waals surface area contributed by atoms with Gasteiger partial charge < -0.3 is 60.0 Å². The fourth-order valence-electron chi connectivity index (χ4n) is 3.86. The lowest BCUT2D eigenvalue weighted by Crippen LogP contribution is -2.60. The van der Waals surface area contributed by atoms with Crippen molar-refractivity contribution in [2.45, 2.75) is 89.5 Å². The Labute approximate surface area is 245 Å². The molecule has 16 nitrogen and oxygen atoms in total. The Morgan fingerprint density at radius 1 is 0.595 bits per heavy atom. The number of hydrogen-bond donors (Lipinski definition) is 4. The first-order valence-corrected chi connectivity index (χ1v) is 13.3. The predicted octanol–water partition coefficient (Wildman–Crippen LogP) is -1.90. The third kappa shape index (κ3) is 14.3. The second kappa shape index (κ2) is 16.7. The molecule has 2 aliphatic rings. The van der Waals surface area contributed by atoms with Gasteiger partial charge in [0.05, 0.1) is 26.2 Å². The Hall–Kier alpha value is -3.66. The van der Waals surface area contributed by atoms with Crippen molar-refractivity contribution in [1.29, 1.82) is 0 Å². The first-order valence-electron chi connectivity index (χ1n) is 13.3. The summed E-state index contributed by atoms with van der Waals surface area (Å²) in [5.74, 6) is -5.21. The maximum atomic E-state index is 11.9. The van der Waals surface area contributed by atoms with Gasteiger partial charge in [-0.3, -0.25) is 0 Å². The van der Waals surface area contributed by atoms with E-state index in [4.69, 9.17) is 38.7 Å². The molecule has 4 N–H and O–H groups in total. The Kier molecular flexibility index (Phi) is 15.2. The minimum absolute atomic E-state index is 0.421. The van der Waals surface area contributed by atoms with Crippen molar-refractivity contribution < 1.29 is 57.9 Å². The molecule has 0 radical (unpaired) electrons. The van der Waals surface area contributed by atoms with Crippen molar-refractivity contribution in [2.24, 2.45) is 0 Å². The lowest BCUT2D eigenvalue weighted by Gasteiger charge is -2.36. The first-order chi connectivity index (χ1) is 19.2. The van der Waals surface area contributed by atoms with E-state index in [0.29, 0.717) is 51.9 Å². The van der Waals surface area contributed by atoms with Crippen molar-refractivity contribution in [3.05, 3.63) is 0 Å². The van der Waals surface area contributed by atoms with Gasteiger partial charge in [-0.2, -0.15) is 0 Å². The number of amides is 2. The molecule has 0 saturated carbocycles. The van der Waals surface area contributed by atoms with Crippen LogP contribution in [0, 0.1) is 0 Å². The van der Waals surface area contributed by atoms with Crippen molar-refractivity contribution in [2.75, 3.05) is 40.4 Å². The van der Waals surface area contributed by atoms with Gasteiger partial charge in [-0.25, -0.2) is 19.2 Å². The number of nitrogens with one attached hydrogen (secondary N) is 4. The van der Waals surface area contributed by atoms with Gasteiger partial charge >= 0.3 is 24.1 Å². The SMILES string of the molecule is COC(=O)C1(NC(=O)OC(C)(C)C)CCNCC1.COC(=O)C1(NC(=O)OC(C)(C)C)CCNCC1.O=C([O-])C(=O)[O-]. The van der Waals surface area contributed by atoms with E-state index in [1.54, 1.807) is 41.5 Å². The van der Waals surface area contributed by atoms with E-state index in [-0.39, 0.29) is 0 Å². The van der Waals surface area contributed by atoms with Gasteiger partial charge in [0.2, 0.25) is 0 Å². The highest BCUT2D eigenvalue weighted by Crippen LogP contribution is 2.22. The van der Waals surface area contributed by atoms with Crippen LogP contribution in [0.15, 0.2) is 0 Å². The Morgan fingerprint density at radius 3 is 1.05 bits per heavy atom. The van der Waals surface area contributed by atoms with Crippen LogP contribution in [0.4, 0.5) is 9.59 Å². The fraction of sp³-hybridized carbons (Fsp3) is 0.769. The van der Waals surface area contributed by atoms with Gasteiger partial charge in [0.15, 0.2) is 0 Å². The van der Waals surface area contributed by atoms with Crippen LogP contribution in [0.5, 0.6) is 0 Å². The maximum Gasteiger partial charge on any atom is 0.408 e. The third-order valence-electron chi connectivity index (χ3n) is 5.71. The predicted molar refractivity (Wildman–Crippen MR) is 142 cm³/mol. The number of hydrogen-bond acceptors (Lipinski definition) is 14. The summed E-state index contributed by atoms with van der Waals surface area (Å²) in [6.07, 6.45) is 0.819. The van der Waals surface area contributed by atoms with Crippen molar-refractivity contribution in [1.82, 2.24) is 21.3 Å². The van der Waals surface area contributed by atoms with Crippen LogP contribution in [-0.2, 0) is 38.1 Å². The molecule has 2 saturated heterocycles. The van der Waals surface area contributed by atoms with Crippen molar-refractivity contribution in [3.63, 3.8) is 0 Å². The lowest BCUT2D eigenvalue weighted by atomic mass is 9.88. The summed E-state index contributed by atoms with van der Waals surface area (Å²) < 4.78 is 19.9. The van der Waals surface area contributed by atoms with Gasteiger partial charge in [0, 0.05) is 0 Å². The maximum absolute atomic E-state index is 11.9.